The smallest absolute Gasteiger partial charge is 0.328 e. The van der Waals surface area contributed by atoms with E-state index in [1.54, 1.807) is 31.4 Å². The molecule has 0 N–H and O–H groups in total. The Kier molecular flexibility index (Phi) is 5.48. The molecule has 1 aromatic carbocycles. The molecule has 1 saturated heterocycles. The molecule has 1 atom stereocenters. The van der Waals surface area contributed by atoms with Crippen molar-refractivity contribution in [3.63, 3.8) is 0 Å². The Morgan fingerprint density at radius 1 is 1.35 bits per heavy atom. The highest BCUT2D eigenvalue weighted by Crippen LogP contribution is 2.35. The molecule has 0 radical (unpaired) electrons. The average molecular weight is 400 g/mol. The molecule has 8 heteroatoms. The molecule has 1 aliphatic heterocycles. The first kappa shape index (κ1) is 17.6. The first-order valence-electron chi connectivity index (χ1n) is 6.57. The van der Waals surface area contributed by atoms with Gasteiger partial charge in [-0.2, -0.15) is 0 Å². The molecule has 122 valence electrons. The SMILES string of the molecule is COC(=O)[C@H](C)N1C(=O)S/C(=C/c2ccc(OC)c(Br)c2)C1=O. The molecule has 1 fully saturated rings. The van der Waals surface area contributed by atoms with Crippen LogP contribution in [0.2, 0.25) is 0 Å². The summed E-state index contributed by atoms with van der Waals surface area (Å²) >= 11 is 4.16. The highest BCUT2D eigenvalue weighted by Gasteiger charge is 2.41. The van der Waals surface area contributed by atoms with Gasteiger partial charge in [-0.15, -0.1) is 0 Å². The molecule has 0 spiro atoms. The molecule has 0 unspecified atom stereocenters. The Morgan fingerprint density at radius 3 is 2.61 bits per heavy atom. The second-order valence-corrected chi connectivity index (χ2v) is 6.49. The molecular formula is C15H14BrNO5S. The lowest BCUT2D eigenvalue weighted by molar-refractivity contribution is -0.148. The van der Waals surface area contributed by atoms with Crippen LogP contribution in [-0.4, -0.2) is 42.3 Å². The fourth-order valence-corrected chi connectivity index (χ4v) is 3.48. The maximum absolute atomic E-state index is 12.4. The fourth-order valence-electron chi connectivity index (χ4n) is 2.01. The minimum absolute atomic E-state index is 0.253. The van der Waals surface area contributed by atoms with Gasteiger partial charge in [-0.05, 0) is 58.4 Å². The van der Waals surface area contributed by atoms with Crippen molar-refractivity contribution in [2.24, 2.45) is 0 Å². The number of carbonyl (C=O) groups excluding carboxylic acids is 3. The minimum Gasteiger partial charge on any atom is -0.496 e. The number of benzene rings is 1. The molecule has 2 amide bonds. The molecule has 1 aliphatic rings. The lowest BCUT2D eigenvalue weighted by Gasteiger charge is -2.18. The second-order valence-electron chi connectivity index (χ2n) is 4.64. The van der Waals surface area contributed by atoms with Crippen molar-refractivity contribution in [3.05, 3.63) is 33.1 Å². The number of imide groups is 1. The van der Waals surface area contributed by atoms with Crippen LogP contribution in [0.5, 0.6) is 5.75 Å². The molecule has 1 aromatic rings. The minimum atomic E-state index is -0.957. The first-order chi connectivity index (χ1) is 10.9. The van der Waals surface area contributed by atoms with Gasteiger partial charge in [-0.3, -0.25) is 14.5 Å². The summed E-state index contributed by atoms with van der Waals surface area (Å²) in [5.74, 6) is -0.486. The Balaban J connectivity index is 2.28. The lowest BCUT2D eigenvalue weighted by Crippen LogP contribution is -2.42. The van der Waals surface area contributed by atoms with Crippen LogP contribution >= 0.6 is 27.7 Å². The van der Waals surface area contributed by atoms with E-state index in [1.807, 2.05) is 0 Å². The zero-order valence-corrected chi connectivity index (χ0v) is 15.1. The molecule has 0 aromatic heterocycles. The number of thioether (sulfide) groups is 1. The topological polar surface area (TPSA) is 72.9 Å². The van der Waals surface area contributed by atoms with E-state index in [0.29, 0.717) is 5.75 Å². The van der Waals surface area contributed by atoms with Crippen molar-refractivity contribution in [2.45, 2.75) is 13.0 Å². The van der Waals surface area contributed by atoms with Crippen LogP contribution in [0.1, 0.15) is 12.5 Å². The number of halogens is 1. The van der Waals surface area contributed by atoms with Gasteiger partial charge in [0, 0.05) is 0 Å². The lowest BCUT2D eigenvalue weighted by atomic mass is 10.2. The molecule has 6 nitrogen and oxygen atoms in total. The molecule has 2 rings (SSSR count). The van der Waals surface area contributed by atoms with Crippen molar-refractivity contribution in [1.82, 2.24) is 4.90 Å². The fraction of sp³-hybridized carbons (Fsp3) is 0.267. The number of esters is 1. The third kappa shape index (κ3) is 3.59. The number of ether oxygens (including phenoxy) is 2. The van der Waals surface area contributed by atoms with Gasteiger partial charge in [0.2, 0.25) is 0 Å². The Hall–Kier alpha value is -1.80. The van der Waals surface area contributed by atoms with Crippen LogP contribution in [0.3, 0.4) is 0 Å². The summed E-state index contributed by atoms with van der Waals surface area (Å²) in [4.78, 5) is 37.1. The summed E-state index contributed by atoms with van der Waals surface area (Å²) in [5.41, 5.74) is 0.730. The number of amides is 2. The summed E-state index contributed by atoms with van der Waals surface area (Å²) in [6.45, 7) is 1.45. The quantitative estimate of drug-likeness (QED) is 0.572. The number of carbonyl (C=O) groups is 3. The highest BCUT2D eigenvalue weighted by atomic mass is 79.9. The maximum atomic E-state index is 12.4. The van der Waals surface area contributed by atoms with Gasteiger partial charge in [0.15, 0.2) is 0 Å². The van der Waals surface area contributed by atoms with Crippen molar-refractivity contribution in [3.8, 4) is 5.75 Å². The van der Waals surface area contributed by atoms with Gasteiger partial charge in [-0.25, -0.2) is 4.79 Å². The van der Waals surface area contributed by atoms with Crippen molar-refractivity contribution >= 4 is 50.9 Å². The van der Waals surface area contributed by atoms with Gasteiger partial charge >= 0.3 is 5.97 Å². The van der Waals surface area contributed by atoms with Gasteiger partial charge in [0.25, 0.3) is 11.1 Å². The van der Waals surface area contributed by atoms with Gasteiger partial charge in [0.1, 0.15) is 11.8 Å². The predicted molar refractivity (Wildman–Crippen MR) is 90.0 cm³/mol. The van der Waals surface area contributed by atoms with E-state index in [1.165, 1.54) is 14.0 Å². The van der Waals surface area contributed by atoms with Gasteiger partial charge < -0.3 is 9.47 Å². The van der Waals surface area contributed by atoms with E-state index in [-0.39, 0.29) is 4.91 Å². The van der Waals surface area contributed by atoms with Gasteiger partial charge in [-0.1, -0.05) is 6.07 Å². The number of hydrogen-bond acceptors (Lipinski definition) is 6. The maximum Gasteiger partial charge on any atom is 0.328 e. The predicted octanol–water partition coefficient (Wildman–Crippen LogP) is 3.06. The molecule has 0 aliphatic carbocycles. The molecule has 23 heavy (non-hydrogen) atoms. The van der Waals surface area contributed by atoms with E-state index >= 15 is 0 Å². The van der Waals surface area contributed by atoms with E-state index in [4.69, 9.17) is 4.74 Å². The average Bonchev–Trinajstić information content (AvgIpc) is 2.80. The summed E-state index contributed by atoms with van der Waals surface area (Å²) in [5, 5.41) is -0.494. The number of hydrogen-bond donors (Lipinski definition) is 0. The van der Waals surface area contributed by atoms with Crippen LogP contribution in [0.15, 0.2) is 27.6 Å². The Morgan fingerprint density at radius 2 is 2.04 bits per heavy atom. The molecular weight excluding hydrogens is 386 g/mol. The van der Waals surface area contributed by atoms with E-state index in [9.17, 15) is 14.4 Å². The van der Waals surface area contributed by atoms with Crippen molar-refractivity contribution in [1.29, 1.82) is 0 Å². The van der Waals surface area contributed by atoms with E-state index in [2.05, 4.69) is 20.7 Å². The van der Waals surface area contributed by atoms with Crippen LogP contribution in [-0.2, 0) is 14.3 Å². The molecule has 1 heterocycles. The third-order valence-corrected chi connectivity index (χ3v) is 4.73. The Bertz CT molecular complexity index is 703. The summed E-state index contributed by atoms with van der Waals surface area (Å²) < 4.78 is 10.5. The zero-order chi connectivity index (χ0) is 17.1. The Labute approximate surface area is 145 Å². The third-order valence-electron chi connectivity index (χ3n) is 3.23. The standard InChI is InChI=1S/C15H14BrNO5S/c1-8(14(19)22-3)17-13(18)12(23-15(17)20)7-9-4-5-11(21-2)10(16)6-9/h4-8H,1-3H3/b12-7+/t8-/m0/s1. The number of methoxy groups -OCH3 is 2. The van der Waals surface area contributed by atoms with Crippen molar-refractivity contribution < 1.29 is 23.9 Å². The van der Waals surface area contributed by atoms with Gasteiger partial charge in [0.05, 0.1) is 23.6 Å². The zero-order valence-electron chi connectivity index (χ0n) is 12.7. The summed E-state index contributed by atoms with van der Waals surface area (Å²) in [6, 6.07) is 4.33. The second kappa shape index (κ2) is 7.18. The highest BCUT2D eigenvalue weighted by molar-refractivity contribution is 9.10. The number of nitrogens with zero attached hydrogens (tertiary/aromatic N) is 1. The molecule has 0 bridgehead atoms. The number of rotatable bonds is 4. The van der Waals surface area contributed by atoms with Crippen LogP contribution < -0.4 is 4.74 Å². The summed E-state index contributed by atoms with van der Waals surface area (Å²) in [7, 11) is 2.77. The first-order valence-corrected chi connectivity index (χ1v) is 8.18. The van der Waals surface area contributed by atoms with E-state index < -0.39 is 23.2 Å². The van der Waals surface area contributed by atoms with E-state index in [0.717, 1.165) is 26.7 Å². The molecule has 0 saturated carbocycles. The largest absolute Gasteiger partial charge is 0.496 e. The van der Waals surface area contributed by atoms with Crippen LogP contribution in [0, 0.1) is 0 Å². The van der Waals surface area contributed by atoms with Crippen molar-refractivity contribution in [2.75, 3.05) is 14.2 Å². The van der Waals surface area contributed by atoms with Crippen LogP contribution in [0.4, 0.5) is 4.79 Å². The monoisotopic (exact) mass is 399 g/mol. The normalized spacial score (nSPS) is 17.6. The summed E-state index contributed by atoms with van der Waals surface area (Å²) in [6.07, 6.45) is 1.60. The van der Waals surface area contributed by atoms with Crippen LogP contribution in [0.25, 0.3) is 6.08 Å².